The van der Waals surface area contributed by atoms with Gasteiger partial charge in [0.1, 0.15) is 0 Å². The van der Waals surface area contributed by atoms with E-state index in [-0.39, 0.29) is 11.9 Å². The van der Waals surface area contributed by atoms with Gasteiger partial charge in [-0.15, -0.1) is 0 Å². The van der Waals surface area contributed by atoms with Gasteiger partial charge in [0.25, 0.3) is 0 Å². The van der Waals surface area contributed by atoms with Gasteiger partial charge in [0.2, 0.25) is 0 Å². The lowest BCUT2D eigenvalue weighted by molar-refractivity contribution is -0.152. The second-order valence-corrected chi connectivity index (χ2v) is 6.88. The maximum absolute atomic E-state index is 12.2. The molecule has 2 rings (SSSR count). The molecule has 2 heterocycles. The van der Waals surface area contributed by atoms with Crippen molar-refractivity contribution in [3.63, 3.8) is 0 Å². The fraction of sp³-hybridized carbons (Fsp3) is 0.944. The number of esters is 1. The first-order chi connectivity index (χ1) is 10.3. The minimum atomic E-state index is 0.0545. The average molecular weight is 295 g/mol. The Kier molecular flexibility index (Phi) is 7.01. The van der Waals surface area contributed by atoms with Gasteiger partial charge in [-0.05, 0) is 51.6 Å². The van der Waals surface area contributed by atoms with Crippen LogP contribution in [0.5, 0.6) is 0 Å². The highest BCUT2D eigenvalue weighted by Gasteiger charge is 2.33. The zero-order valence-electron chi connectivity index (χ0n) is 14.0. The zero-order chi connectivity index (χ0) is 15.1. The van der Waals surface area contributed by atoms with Gasteiger partial charge in [-0.1, -0.05) is 33.1 Å². The van der Waals surface area contributed by atoms with Crippen molar-refractivity contribution in [2.75, 3.05) is 19.7 Å². The normalized spacial score (nSPS) is 27.9. The fourth-order valence-corrected chi connectivity index (χ4v) is 4.02. The summed E-state index contributed by atoms with van der Waals surface area (Å²) < 4.78 is 5.71. The molecule has 0 spiro atoms. The van der Waals surface area contributed by atoms with Crippen molar-refractivity contribution in [2.45, 2.75) is 77.7 Å². The molecule has 122 valence electrons. The third-order valence-corrected chi connectivity index (χ3v) is 5.40. The highest BCUT2D eigenvalue weighted by atomic mass is 16.5. The van der Waals surface area contributed by atoms with Gasteiger partial charge in [0.15, 0.2) is 0 Å². The van der Waals surface area contributed by atoms with Gasteiger partial charge in [0.05, 0.1) is 12.5 Å². The van der Waals surface area contributed by atoms with Crippen LogP contribution in [0.15, 0.2) is 0 Å². The largest absolute Gasteiger partial charge is 0.465 e. The second kappa shape index (κ2) is 8.77. The maximum Gasteiger partial charge on any atom is 0.308 e. The summed E-state index contributed by atoms with van der Waals surface area (Å²) in [7, 11) is 0. The van der Waals surface area contributed by atoms with E-state index >= 15 is 0 Å². The van der Waals surface area contributed by atoms with E-state index in [0.29, 0.717) is 18.6 Å². The molecule has 0 aromatic carbocycles. The van der Waals surface area contributed by atoms with Crippen LogP contribution < -0.4 is 0 Å². The van der Waals surface area contributed by atoms with Crippen LogP contribution in [-0.2, 0) is 9.53 Å². The number of nitrogens with zero attached hydrogens (tertiary/aromatic N) is 1. The number of carbonyl (C=O) groups is 1. The van der Waals surface area contributed by atoms with Crippen molar-refractivity contribution in [1.82, 2.24) is 4.90 Å². The molecule has 3 atom stereocenters. The Morgan fingerprint density at radius 2 is 2.00 bits per heavy atom. The standard InChI is InChI=1S/C18H33NO2/c1-3-5-9-15(4-2)18(20)21-14-16-10-8-13-19-12-7-6-11-17(16)19/h15-17H,3-14H2,1-2H3/t15-,16+,17+/m0/s1. The van der Waals surface area contributed by atoms with Gasteiger partial charge >= 0.3 is 5.97 Å². The number of rotatable bonds is 7. The van der Waals surface area contributed by atoms with Crippen molar-refractivity contribution in [1.29, 1.82) is 0 Å². The van der Waals surface area contributed by atoms with Crippen LogP contribution in [0, 0.1) is 11.8 Å². The molecule has 0 aromatic heterocycles. The summed E-state index contributed by atoms with van der Waals surface area (Å²) in [6.45, 7) is 7.44. The fourth-order valence-electron chi connectivity index (χ4n) is 4.02. The number of hydrogen-bond donors (Lipinski definition) is 0. The van der Waals surface area contributed by atoms with E-state index in [1.165, 1.54) is 45.2 Å². The number of unbranched alkanes of at least 4 members (excludes halogenated alkanes) is 1. The number of carbonyl (C=O) groups excluding carboxylic acids is 1. The summed E-state index contributed by atoms with van der Waals surface area (Å²) in [5, 5.41) is 0. The van der Waals surface area contributed by atoms with Crippen molar-refractivity contribution in [3.8, 4) is 0 Å². The first-order valence-electron chi connectivity index (χ1n) is 9.17. The van der Waals surface area contributed by atoms with E-state index in [1.54, 1.807) is 0 Å². The number of fused-ring (bicyclic) bond motifs is 1. The Morgan fingerprint density at radius 3 is 2.76 bits per heavy atom. The average Bonchev–Trinajstić information content (AvgIpc) is 2.53. The minimum Gasteiger partial charge on any atom is -0.465 e. The van der Waals surface area contributed by atoms with Crippen LogP contribution in [0.3, 0.4) is 0 Å². The van der Waals surface area contributed by atoms with Crippen LogP contribution in [0.4, 0.5) is 0 Å². The Labute approximate surface area is 130 Å². The quantitative estimate of drug-likeness (QED) is 0.665. The predicted molar refractivity (Wildman–Crippen MR) is 86.2 cm³/mol. The zero-order valence-corrected chi connectivity index (χ0v) is 14.0. The molecule has 21 heavy (non-hydrogen) atoms. The Hall–Kier alpha value is -0.570. The first-order valence-corrected chi connectivity index (χ1v) is 9.17. The van der Waals surface area contributed by atoms with E-state index < -0.39 is 0 Å². The van der Waals surface area contributed by atoms with Crippen LogP contribution in [-0.4, -0.2) is 36.6 Å². The molecular weight excluding hydrogens is 262 g/mol. The summed E-state index contributed by atoms with van der Waals surface area (Å²) in [5.41, 5.74) is 0. The topological polar surface area (TPSA) is 29.5 Å². The van der Waals surface area contributed by atoms with E-state index in [1.807, 2.05) is 0 Å². The molecule has 0 saturated carbocycles. The number of ether oxygens (including phenoxy) is 1. The minimum absolute atomic E-state index is 0.0545. The van der Waals surface area contributed by atoms with E-state index in [2.05, 4.69) is 18.7 Å². The molecule has 0 aromatic rings. The van der Waals surface area contributed by atoms with Crippen LogP contribution in [0.25, 0.3) is 0 Å². The highest BCUT2D eigenvalue weighted by Crippen LogP contribution is 2.31. The summed E-state index contributed by atoms with van der Waals surface area (Å²) in [5.74, 6) is 0.751. The molecule has 2 aliphatic heterocycles. The van der Waals surface area contributed by atoms with E-state index in [9.17, 15) is 4.79 Å². The molecule has 0 bridgehead atoms. The van der Waals surface area contributed by atoms with Gasteiger partial charge < -0.3 is 4.74 Å². The number of piperidine rings is 2. The van der Waals surface area contributed by atoms with Crippen molar-refractivity contribution >= 4 is 5.97 Å². The molecule has 3 heteroatoms. The van der Waals surface area contributed by atoms with Gasteiger partial charge in [0, 0.05) is 12.0 Å². The summed E-state index contributed by atoms with van der Waals surface area (Å²) in [6, 6.07) is 0.677. The molecule has 2 aliphatic rings. The van der Waals surface area contributed by atoms with Crippen LogP contribution in [0.2, 0.25) is 0 Å². The molecule has 2 saturated heterocycles. The summed E-state index contributed by atoms with van der Waals surface area (Å²) in [6.07, 6.45) is 10.7. The van der Waals surface area contributed by atoms with E-state index in [4.69, 9.17) is 4.74 Å². The molecule has 0 amide bonds. The molecule has 0 unspecified atom stereocenters. The molecule has 3 nitrogen and oxygen atoms in total. The Bertz CT molecular complexity index is 316. The van der Waals surface area contributed by atoms with Crippen LogP contribution in [0.1, 0.15) is 71.6 Å². The summed E-state index contributed by atoms with van der Waals surface area (Å²) in [4.78, 5) is 14.9. The predicted octanol–water partition coefficient (Wildman–Crippen LogP) is 4.01. The van der Waals surface area contributed by atoms with Crippen molar-refractivity contribution in [2.24, 2.45) is 11.8 Å². The lowest BCUT2D eigenvalue weighted by atomic mass is 9.84. The van der Waals surface area contributed by atoms with E-state index in [0.717, 1.165) is 25.7 Å². The van der Waals surface area contributed by atoms with Gasteiger partial charge in [-0.25, -0.2) is 0 Å². The van der Waals surface area contributed by atoms with Gasteiger partial charge in [-0.2, -0.15) is 0 Å². The molecule has 0 N–H and O–H groups in total. The molecule has 0 radical (unpaired) electrons. The first kappa shape index (κ1) is 16.8. The summed E-state index contributed by atoms with van der Waals surface area (Å²) >= 11 is 0. The SMILES string of the molecule is CCCC[C@H](CC)C(=O)OC[C@H]1CCCN2CCCC[C@H]12. The third-order valence-electron chi connectivity index (χ3n) is 5.40. The Morgan fingerprint density at radius 1 is 1.19 bits per heavy atom. The van der Waals surface area contributed by atoms with Crippen molar-refractivity contribution in [3.05, 3.63) is 0 Å². The lowest BCUT2D eigenvalue weighted by Crippen LogP contribution is -2.49. The third kappa shape index (κ3) is 4.70. The molecular formula is C18H33NO2. The van der Waals surface area contributed by atoms with Crippen molar-refractivity contribution < 1.29 is 9.53 Å². The lowest BCUT2D eigenvalue weighted by Gasteiger charge is -2.44. The van der Waals surface area contributed by atoms with Gasteiger partial charge in [-0.3, -0.25) is 9.69 Å². The monoisotopic (exact) mass is 295 g/mol. The Balaban J connectivity index is 1.79. The number of hydrogen-bond acceptors (Lipinski definition) is 3. The molecule has 2 fully saturated rings. The van der Waals surface area contributed by atoms with Crippen LogP contribution >= 0.6 is 0 Å². The maximum atomic E-state index is 12.2. The second-order valence-electron chi connectivity index (χ2n) is 6.88. The smallest absolute Gasteiger partial charge is 0.308 e. The molecule has 0 aliphatic carbocycles. The highest BCUT2D eigenvalue weighted by molar-refractivity contribution is 5.72.